The number of rotatable bonds is 3. The zero-order chi connectivity index (χ0) is 17.4. The van der Waals surface area contributed by atoms with E-state index in [0.717, 1.165) is 16.1 Å². The molecule has 0 spiro atoms. The Bertz CT molecular complexity index is 933. The number of methoxy groups -OCH3 is 1. The molecule has 0 saturated heterocycles. The maximum Gasteiger partial charge on any atom is 0.358 e. The Labute approximate surface area is 146 Å². The highest BCUT2D eigenvalue weighted by molar-refractivity contribution is 7.13. The number of fused-ring (bicyclic) bond motifs is 1. The lowest BCUT2D eigenvalue weighted by Gasteiger charge is -2.22. The van der Waals surface area contributed by atoms with Gasteiger partial charge in [-0.1, -0.05) is 6.07 Å². The number of hydrogen-bond donors (Lipinski definition) is 2. The molecule has 8 nitrogen and oxygen atoms in total. The van der Waals surface area contributed by atoms with Crippen LogP contribution in [0.4, 0.5) is 5.82 Å². The molecular formula is C16H13N5O3S. The Morgan fingerprint density at radius 1 is 1.36 bits per heavy atom. The second kappa shape index (κ2) is 6.10. The molecule has 0 fully saturated rings. The fourth-order valence-electron chi connectivity index (χ4n) is 2.84. The van der Waals surface area contributed by atoms with Crippen molar-refractivity contribution in [3.63, 3.8) is 0 Å². The van der Waals surface area contributed by atoms with Gasteiger partial charge >= 0.3 is 5.97 Å². The summed E-state index contributed by atoms with van der Waals surface area (Å²) >= 11 is 1.58. The maximum absolute atomic E-state index is 12.0. The molecule has 0 aromatic carbocycles. The number of carbonyl (C=O) groups is 2. The van der Waals surface area contributed by atoms with E-state index in [4.69, 9.17) is 0 Å². The largest absolute Gasteiger partial charge is 0.464 e. The van der Waals surface area contributed by atoms with Crippen molar-refractivity contribution in [1.82, 2.24) is 20.2 Å². The lowest BCUT2D eigenvalue weighted by Crippen LogP contribution is -2.24. The normalized spacial score (nSPS) is 16.2. The number of aromatic nitrogens is 4. The van der Waals surface area contributed by atoms with Crippen LogP contribution in [0.1, 0.15) is 34.1 Å². The Morgan fingerprint density at radius 3 is 2.92 bits per heavy atom. The van der Waals surface area contributed by atoms with E-state index >= 15 is 0 Å². The van der Waals surface area contributed by atoms with Gasteiger partial charge in [0.15, 0.2) is 11.5 Å². The van der Waals surface area contributed by atoms with Gasteiger partial charge in [0.2, 0.25) is 5.91 Å². The first-order chi connectivity index (χ1) is 12.2. The predicted octanol–water partition coefficient (Wildman–Crippen LogP) is 2.19. The van der Waals surface area contributed by atoms with Gasteiger partial charge in [-0.3, -0.25) is 14.9 Å². The van der Waals surface area contributed by atoms with Crippen molar-refractivity contribution in [3.05, 3.63) is 46.9 Å². The van der Waals surface area contributed by atoms with Gasteiger partial charge in [-0.25, -0.2) is 9.78 Å². The number of aromatic amines is 1. The molecule has 1 amide bonds. The fraction of sp³-hybridized carbons (Fsp3) is 0.188. The number of anilines is 1. The van der Waals surface area contributed by atoms with Gasteiger partial charge in [0.1, 0.15) is 0 Å². The molecule has 1 atom stereocenters. The highest BCUT2D eigenvalue weighted by Gasteiger charge is 2.33. The zero-order valence-corrected chi connectivity index (χ0v) is 14.0. The molecule has 25 heavy (non-hydrogen) atoms. The van der Waals surface area contributed by atoms with E-state index in [-0.39, 0.29) is 23.9 Å². The van der Waals surface area contributed by atoms with Crippen molar-refractivity contribution < 1.29 is 14.3 Å². The van der Waals surface area contributed by atoms with E-state index in [2.05, 4.69) is 30.2 Å². The lowest BCUT2D eigenvalue weighted by atomic mass is 9.89. The standard InChI is InChI=1S/C16H13N5O3S/c1-24-16(23)10-7-17-9(6-18-10)8-5-12(22)19-15-13(8)14(20-21-15)11-3-2-4-25-11/h2-4,6-8H,5H2,1H3,(H2,19,20,21,22). The molecule has 0 aliphatic carbocycles. The fourth-order valence-corrected chi connectivity index (χ4v) is 3.58. The van der Waals surface area contributed by atoms with E-state index in [0.29, 0.717) is 11.5 Å². The summed E-state index contributed by atoms with van der Waals surface area (Å²) in [5, 5.41) is 12.0. The average molecular weight is 355 g/mol. The van der Waals surface area contributed by atoms with Crippen LogP contribution in [-0.4, -0.2) is 39.2 Å². The molecule has 9 heteroatoms. The molecule has 0 bridgehead atoms. The van der Waals surface area contributed by atoms with Gasteiger partial charge in [0.05, 0.1) is 35.8 Å². The average Bonchev–Trinajstić information content (AvgIpc) is 3.29. The molecule has 1 aliphatic heterocycles. The minimum absolute atomic E-state index is 0.123. The monoisotopic (exact) mass is 355 g/mol. The van der Waals surface area contributed by atoms with Crippen molar-refractivity contribution in [2.24, 2.45) is 0 Å². The summed E-state index contributed by atoms with van der Waals surface area (Å²) in [6.07, 6.45) is 3.10. The smallest absolute Gasteiger partial charge is 0.358 e. The minimum Gasteiger partial charge on any atom is -0.464 e. The van der Waals surface area contributed by atoms with Crippen LogP contribution in [0.3, 0.4) is 0 Å². The number of amides is 1. The number of thiophene rings is 1. The molecule has 0 saturated carbocycles. The molecule has 0 radical (unpaired) electrons. The first kappa shape index (κ1) is 15.5. The predicted molar refractivity (Wildman–Crippen MR) is 90.4 cm³/mol. The third kappa shape index (κ3) is 2.68. The molecule has 4 heterocycles. The van der Waals surface area contributed by atoms with E-state index in [1.807, 2.05) is 17.5 Å². The van der Waals surface area contributed by atoms with Gasteiger partial charge in [-0.05, 0) is 11.4 Å². The Kier molecular flexibility index (Phi) is 3.77. The molecule has 3 aromatic rings. The molecule has 1 unspecified atom stereocenters. The summed E-state index contributed by atoms with van der Waals surface area (Å²) in [4.78, 5) is 33.0. The Balaban J connectivity index is 1.78. The number of esters is 1. The summed E-state index contributed by atoms with van der Waals surface area (Å²) in [6.45, 7) is 0. The van der Waals surface area contributed by atoms with Crippen molar-refractivity contribution in [3.8, 4) is 10.6 Å². The van der Waals surface area contributed by atoms with Crippen LogP contribution in [0.25, 0.3) is 10.6 Å². The molecule has 1 aliphatic rings. The topological polar surface area (TPSA) is 110 Å². The van der Waals surface area contributed by atoms with Crippen LogP contribution >= 0.6 is 11.3 Å². The second-order valence-corrected chi connectivity index (χ2v) is 6.41. The zero-order valence-electron chi connectivity index (χ0n) is 13.1. The van der Waals surface area contributed by atoms with Crippen LogP contribution in [-0.2, 0) is 9.53 Å². The number of H-pyrrole nitrogens is 1. The third-order valence-electron chi connectivity index (χ3n) is 3.99. The van der Waals surface area contributed by atoms with E-state index in [1.54, 1.807) is 11.3 Å². The van der Waals surface area contributed by atoms with Crippen LogP contribution in [0.15, 0.2) is 29.9 Å². The summed E-state index contributed by atoms with van der Waals surface area (Å²) in [5.74, 6) is -0.480. The van der Waals surface area contributed by atoms with Crippen LogP contribution in [0, 0.1) is 0 Å². The first-order valence-corrected chi connectivity index (χ1v) is 8.37. The van der Waals surface area contributed by atoms with Crippen molar-refractivity contribution in [1.29, 1.82) is 0 Å². The van der Waals surface area contributed by atoms with Crippen LogP contribution in [0.2, 0.25) is 0 Å². The highest BCUT2D eigenvalue weighted by Crippen LogP contribution is 2.41. The quantitative estimate of drug-likeness (QED) is 0.697. The lowest BCUT2D eigenvalue weighted by molar-refractivity contribution is -0.116. The van der Waals surface area contributed by atoms with Gasteiger partial charge < -0.3 is 10.1 Å². The molecule has 4 rings (SSSR count). The summed E-state index contributed by atoms with van der Waals surface area (Å²) in [6, 6.07) is 3.94. The van der Waals surface area contributed by atoms with Gasteiger partial charge in [-0.15, -0.1) is 11.3 Å². The Hall–Kier alpha value is -3.07. The van der Waals surface area contributed by atoms with E-state index in [9.17, 15) is 9.59 Å². The molecule has 3 aromatic heterocycles. The van der Waals surface area contributed by atoms with E-state index < -0.39 is 5.97 Å². The Morgan fingerprint density at radius 2 is 2.24 bits per heavy atom. The molecule has 126 valence electrons. The number of nitrogens with zero attached hydrogens (tertiary/aromatic N) is 3. The number of hydrogen-bond acceptors (Lipinski definition) is 7. The SMILES string of the molecule is COC(=O)c1cnc(C2CC(=O)Nc3n[nH]c(-c4cccs4)c32)cn1. The summed E-state index contributed by atoms with van der Waals surface area (Å²) in [7, 11) is 1.29. The maximum atomic E-state index is 12.0. The highest BCUT2D eigenvalue weighted by atomic mass is 32.1. The van der Waals surface area contributed by atoms with Crippen LogP contribution < -0.4 is 5.32 Å². The van der Waals surface area contributed by atoms with Crippen molar-refractivity contribution in [2.45, 2.75) is 12.3 Å². The van der Waals surface area contributed by atoms with E-state index in [1.165, 1.54) is 19.5 Å². The first-order valence-electron chi connectivity index (χ1n) is 7.49. The number of ether oxygens (including phenoxy) is 1. The third-order valence-corrected chi connectivity index (χ3v) is 4.88. The number of nitrogens with one attached hydrogen (secondary N) is 2. The summed E-state index contributed by atoms with van der Waals surface area (Å²) in [5.41, 5.74) is 2.45. The second-order valence-electron chi connectivity index (χ2n) is 5.46. The van der Waals surface area contributed by atoms with Gasteiger partial charge in [0, 0.05) is 17.9 Å². The molecule has 2 N–H and O–H groups in total. The number of carbonyl (C=O) groups excluding carboxylic acids is 2. The van der Waals surface area contributed by atoms with Crippen molar-refractivity contribution >= 4 is 29.0 Å². The van der Waals surface area contributed by atoms with Gasteiger partial charge in [0.25, 0.3) is 0 Å². The molecular weight excluding hydrogens is 342 g/mol. The van der Waals surface area contributed by atoms with Crippen LogP contribution in [0.5, 0.6) is 0 Å². The minimum atomic E-state index is -0.552. The summed E-state index contributed by atoms with van der Waals surface area (Å²) < 4.78 is 4.63. The van der Waals surface area contributed by atoms with Crippen molar-refractivity contribution in [2.75, 3.05) is 12.4 Å². The van der Waals surface area contributed by atoms with Gasteiger partial charge in [-0.2, -0.15) is 5.10 Å².